The summed E-state index contributed by atoms with van der Waals surface area (Å²) in [6.07, 6.45) is 10.5. The van der Waals surface area contributed by atoms with Crippen LogP contribution in [-0.4, -0.2) is 38.1 Å². The number of nitrogens with zero attached hydrogens (tertiary/aromatic N) is 3. The third kappa shape index (κ3) is 3.65. The van der Waals surface area contributed by atoms with Gasteiger partial charge in [0, 0.05) is 25.5 Å². The van der Waals surface area contributed by atoms with Crippen LogP contribution in [0.1, 0.15) is 46.0 Å². The van der Waals surface area contributed by atoms with E-state index in [1.165, 1.54) is 0 Å². The fraction of sp³-hybridized carbons (Fsp3) is 0.625. The molecule has 0 spiro atoms. The Morgan fingerprint density at radius 3 is 2.76 bits per heavy atom. The summed E-state index contributed by atoms with van der Waals surface area (Å²) in [5, 5.41) is 10.1. The van der Waals surface area contributed by atoms with Crippen LogP contribution >= 0.6 is 0 Å². The molecular formula is C16H25N3O2. The van der Waals surface area contributed by atoms with Crippen molar-refractivity contribution < 1.29 is 9.90 Å². The second-order valence-corrected chi connectivity index (χ2v) is 5.66. The van der Waals surface area contributed by atoms with Gasteiger partial charge in [-0.3, -0.25) is 4.79 Å². The van der Waals surface area contributed by atoms with Crippen molar-refractivity contribution in [1.82, 2.24) is 14.5 Å². The number of hydrogen-bond donors (Lipinski definition) is 1. The lowest BCUT2D eigenvalue weighted by Gasteiger charge is -2.23. The number of amides is 1. The van der Waals surface area contributed by atoms with Gasteiger partial charge in [0.15, 0.2) is 5.76 Å². The van der Waals surface area contributed by atoms with Crippen LogP contribution < -0.4 is 0 Å². The standard InChI is InChI=1S/C16H25N3O2/c1-3-4-5-7-14-13(2)19(16(21)15(14)20)10-6-9-18-11-8-17-12-18/h8,11-13,20H,3-7,9-10H2,1-2H3. The van der Waals surface area contributed by atoms with Crippen molar-refractivity contribution in [3.8, 4) is 0 Å². The van der Waals surface area contributed by atoms with Crippen LogP contribution in [0.15, 0.2) is 30.1 Å². The maximum absolute atomic E-state index is 12.2. The monoisotopic (exact) mass is 291 g/mol. The largest absolute Gasteiger partial charge is 0.503 e. The van der Waals surface area contributed by atoms with Gasteiger partial charge in [0.05, 0.1) is 12.4 Å². The highest BCUT2D eigenvalue weighted by Gasteiger charge is 2.35. The lowest BCUT2D eigenvalue weighted by atomic mass is 10.0. The summed E-state index contributed by atoms with van der Waals surface area (Å²) >= 11 is 0. The first-order valence-electron chi connectivity index (χ1n) is 7.83. The Morgan fingerprint density at radius 1 is 1.29 bits per heavy atom. The van der Waals surface area contributed by atoms with E-state index in [2.05, 4.69) is 11.9 Å². The summed E-state index contributed by atoms with van der Waals surface area (Å²) < 4.78 is 2.00. The topological polar surface area (TPSA) is 58.4 Å². The number of rotatable bonds is 8. The molecular weight excluding hydrogens is 266 g/mol. The van der Waals surface area contributed by atoms with Gasteiger partial charge in [0.25, 0.3) is 5.91 Å². The number of aromatic nitrogens is 2. The van der Waals surface area contributed by atoms with Crippen LogP contribution in [0.5, 0.6) is 0 Å². The highest BCUT2D eigenvalue weighted by atomic mass is 16.3. The van der Waals surface area contributed by atoms with Gasteiger partial charge >= 0.3 is 0 Å². The highest BCUT2D eigenvalue weighted by Crippen LogP contribution is 2.28. The van der Waals surface area contributed by atoms with E-state index in [1.54, 1.807) is 17.4 Å². The molecule has 0 aliphatic carbocycles. The van der Waals surface area contributed by atoms with E-state index in [0.717, 1.165) is 44.2 Å². The van der Waals surface area contributed by atoms with Crippen molar-refractivity contribution in [2.24, 2.45) is 0 Å². The lowest BCUT2D eigenvalue weighted by Crippen LogP contribution is -2.35. The molecule has 5 nitrogen and oxygen atoms in total. The smallest absolute Gasteiger partial charge is 0.289 e. The minimum Gasteiger partial charge on any atom is -0.503 e. The summed E-state index contributed by atoms with van der Waals surface area (Å²) in [6.45, 7) is 5.67. The Balaban J connectivity index is 1.86. The number of carbonyl (C=O) groups excluding carboxylic acids is 1. The second kappa shape index (κ2) is 7.29. The van der Waals surface area contributed by atoms with Crippen molar-refractivity contribution in [3.63, 3.8) is 0 Å². The van der Waals surface area contributed by atoms with E-state index in [-0.39, 0.29) is 17.7 Å². The van der Waals surface area contributed by atoms with Crippen molar-refractivity contribution in [2.45, 2.75) is 58.5 Å². The Kier molecular flexibility index (Phi) is 5.42. The number of carbonyl (C=O) groups is 1. The number of aliphatic hydroxyl groups excluding tert-OH is 1. The predicted molar refractivity (Wildman–Crippen MR) is 81.8 cm³/mol. The van der Waals surface area contributed by atoms with E-state index >= 15 is 0 Å². The fourth-order valence-electron chi connectivity index (χ4n) is 2.87. The molecule has 1 aliphatic rings. The number of hydrogen-bond acceptors (Lipinski definition) is 3. The van der Waals surface area contributed by atoms with Gasteiger partial charge in [-0.05, 0) is 31.8 Å². The Bertz CT molecular complexity index is 494. The Hall–Kier alpha value is -1.78. The summed E-state index contributed by atoms with van der Waals surface area (Å²) in [5.74, 6) is -0.221. The SMILES string of the molecule is CCCCCC1=C(O)C(=O)N(CCCn2ccnc2)C1C. The third-order valence-corrected chi connectivity index (χ3v) is 4.16. The van der Waals surface area contributed by atoms with E-state index in [1.807, 2.05) is 17.7 Å². The van der Waals surface area contributed by atoms with Gasteiger partial charge < -0.3 is 14.6 Å². The maximum atomic E-state index is 12.2. The summed E-state index contributed by atoms with van der Waals surface area (Å²) in [4.78, 5) is 17.9. The molecule has 1 amide bonds. The van der Waals surface area contributed by atoms with Crippen LogP contribution in [0.4, 0.5) is 0 Å². The molecule has 0 bridgehead atoms. The molecule has 21 heavy (non-hydrogen) atoms. The first-order chi connectivity index (χ1) is 10.1. The van der Waals surface area contributed by atoms with Crippen LogP contribution in [-0.2, 0) is 11.3 Å². The van der Waals surface area contributed by atoms with Gasteiger partial charge in [-0.1, -0.05) is 19.8 Å². The molecule has 1 aliphatic heterocycles. The summed E-state index contributed by atoms with van der Waals surface area (Å²) in [6, 6.07) is 0.0251. The van der Waals surface area contributed by atoms with E-state index in [0.29, 0.717) is 6.54 Å². The average Bonchev–Trinajstić information content (AvgIpc) is 3.05. The molecule has 116 valence electrons. The van der Waals surface area contributed by atoms with Crippen molar-refractivity contribution in [2.75, 3.05) is 6.54 Å². The van der Waals surface area contributed by atoms with Crippen molar-refractivity contribution >= 4 is 5.91 Å². The molecule has 0 saturated carbocycles. The third-order valence-electron chi connectivity index (χ3n) is 4.16. The van der Waals surface area contributed by atoms with Crippen LogP contribution in [0.2, 0.25) is 0 Å². The van der Waals surface area contributed by atoms with Crippen LogP contribution in [0.25, 0.3) is 0 Å². The minimum atomic E-state index is -0.209. The quantitative estimate of drug-likeness (QED) is 0.749. The van der Waals surface area contributed by atoms with Crippen LogP contribution in [0.3, 0.4) is 0 Å². The Labute approximate surface area is 126 Å². The van der Waals surface area contributed by atoms with Crippen molar-refractivity contribution in [3.05, 3.63) is 30.1 Å². The molecule has 2 heterocycles. The maximum Gasteiger partial charge on any atom is 0.289 e. The molecule has 1 atom stereocenters. The molecule has 5 heteroatoms. The molecule has 0 saturated heterocycles. The zero-order valence-corrected chi connectivity index (χ0v) is 13.0. The molecule has 0 fully saturated rings. The number of aliphatic hydroxyl groups is 1. The molecule has 1 unspecified atom stereocenters. The first-order valence-corrected chi connectivity index (χ1v) is 7.83. The van der Waals surface area contributed by atoms with Gasteiger partial charge in [-0.25, -0.2) is 4.98 Å². The van der Waals surface area contributed by atoms with Crippen molar-refractivity contribution in [1.29, 1.82) is 0 Å². The molecule has 1 N–H and O–H groups in total. The zero-order valence-electron chi connectivity index (χ0n) is 13.0. The lowest BCUT2D eigenvalue weighted by molar-refractivity contribution is -0.129. The van der Waals surface area contributed by atoms with Crippen LogP contribution in [0, 0.1) is 0 Å². The summed E-state index contributed by atoms with van der Waals surface area (Å²) in [5.41, 5.74) is 0.913. The Morgan fingerprint density at radius 2 is 2.10 bits per heavy atom. The molecule has 1 aromatic rings. The minimum absolute atomic E-state index is 0.0127. The van der Waals surface area contributed by atoms with E-state index < -0.39 is 0 Å². The normalized spacial score (nSPS) is 18.9. The summed E-state index contributed by atoms with van der Waals surface area (Å²) in [7, 11) is 0. The molecule has 0 radical (unpaired) electrons. The number of aryl methyl sites for hydroxylation is 1. The zero-order chi connectivity index (χ0) is 15.2. The highest BCUT2D eigenvalue weighted by molar-refractivity contribution is 5.95. The molecule has 1 aromatic heterocycles. The first kappa shape index (κ1) is 15.6. The van der Waals surface area contributed by atoms with Gasteiger partial charge in [0.1, 0.15) is 0 Å². The molecule has 0 aromatic carbocycles. The van der Waals surface area contributed by atoms with Gasteiger partial charge in [0.2, 0.25) is 0 Å². The number of imidazole rings is 1. The molecule has 2 rings (SSSR count). The van der Waals surface area contributed by atoms with E-state index in [4.69, 9.17) is 0 Å². The second-order valence-electron chi connectivity index (χ2n) is 5.66. The predicted octanol–water partition coefficient (Wildman–Crippen LogP) is 2.90. The van der Waals surface area contributed by atoms with E-state index in [9.17, 15) is 9.90 Å². The fourth-order valence-corrected chi connectivity index (χ4v) is 2.87. The number of unbranched alkanes of at least 4 members (excludes halogenated alkanes) is 2. The van der Waals surface area contributed by atoms with Gasteiger partial charge in [-0.15, -0.1) is 0 Å². The average molecular weight is 291 g/mol. The van der Waals surface area contributed by atoms with Gasteiger partial charge in [-0.2, -0.15) is 0 Å².